The van der Waals surface area contributed by atoms with Gasteiger partial charge in [-0.1, -0.05) is 11.6 Å². The van der Waals surface area contributed by atoms with Gasteiger partial charge < -0.3 is 25.1 Å². The van der Waals surface area contributed by atoms with Gasteiger partial charge in [-0.25, -0.2) is 8.42 Å². The van der Waals surface area contributed by atoms with Crippen molar-refractivity contribution >= 4 is 65.5 Å². The Kier molecular flexibility index (Phi) is 7.43. The number of halogens is 1. The molecule has 3 heterocycles. The third kappa shape index (κ3) is 5.81. The number of nitrogens with one attached hydrogen (secondary N) is 3. The smallest absolute Gasteiger partial charge is 0.243 e. The molecule has 1 aromatic carbocycles. The van der Waals surface area contributed by atoms with Crippen LogP contribution < -0.4 is 15.4 Å². The zero-order chi connectivity index (χ0) is 25.2. The molecule has 0 radical (unpaired) electrons. The molecule has 0 aliphatic carbocycles. The summed E-state index contributed by atoms with van der Waals surface area (Å²) in [6, 6.07) is 4.57. The molecule has 2 aromatic heterocycles. The van der Waals surface area contributed by atoms with Crippen LogP contribution in [0.4, 0.5) is 17.5 Å². The van der Waals surface area contributed by atoms with E-state index >= 15 is 0 Å². The van der Waals surface area contributed by atoms with Crippen LogP contribution in [0, 0.1) is 0 Å². The van der Waals surface area contributed by atoms with Crippen molar-refractivity contribution in [1.82, 2.24) is 19.3 Å². The standard InChI is InChI=1S/C21H27ClN6O5S2/c1-32-17-12-14(35(30,31)28-7-9-33-10-8-28)4-5-16(17)25-21-26-19(23-6-11-34(2,3)29)18-15(22)13-24-20(18)27-21/h4-5,12-13H,2,6-11H2,1,3H3,(H3,23,24,25,26,27). The first-order chi connectivity index (χ1) is 16.6. The second-order valence-electron chi connectivity index (χ2n) is 8.07. The summed E-state index contributed by atoms with van der Waals surface area (Å²) in [5.41, 5.74) is 0.970. The normalized spacial score (nSPS) is 16.7. The van der Waals surface area contributed by atoms with E-state index in [1.807, 2.05) is 0 Å². The predicted molar refractivity (Wildman–Crippen MR) is 139 cm³/mol. The number of rotatable bonds is 9. The lowest BCUT2D eigenvalue weighted by Gasteiger charge is -2.26. The van der Waals surface area contributed by atoms with Gasteiger partial charge in [0.1, 0.15) is 17.2 Å². The van der Waals surface area contributed by atoms with Crippen molar-refractivity contribution in [3.05, 3.63) is 29.4 Å². The number of morpholine rings is 1. The van der Waals surface area contributed by atoms with E-state index in [4.69, 9.17) is 21.1 Å². The third-order valence-corrected chi connectivity index (χ3v) is 8.60. The summed E-state index contributed by atoms with van der Waals surface area (Å²) in [5.74, 6) is 5.02. The average Bonchev–Trinajstić information content (AvgIpc) is 3.19. The van der Waals surface area contributed by atoms with Gasteiger partial charge >= 0.3 is 0 Å². The number of sulfonamides is 1. The lowest BCUT2D eigenvalue weighted by Crippen LogP contribution is -2.40. The second kappa shape index (κ2) is 10.2. The Bertz CT molecular complexity index is 1440. The van der Waals surface area contributed by atoms with E-state index in [0.717, 1.165) is 0 Å². The number of aromatic nitrogens is 3. The van der Waals surface area contributed by atoms with Crippen LogP contribution in [0.3, 0.4) is 0 Å². The molecule has 3 N–H and O–H groups in total. The molecule has 0 saturated carbocycles. The van der Waals surface area contributed by atoms with Crippen LogP contribution in [-0.2, 0) is 24.3 Å². The Balaban J connectivity index is 1.63. The Hall–Kier alpha value is -2.58. The molecule has 1 atom stereocenters. The SMILES string of the molecule is C=S(C)(=O)CCNc1nc(Nc2ccc(S(=O)(=O)N3CCOCC3)cc2OC)nc2[nH]cc(Cl)c12. The topological polar surface area (TPSA) is 139 Å². The van der Waals surface area contributed by atoms with E-state index < -0.39 is 19.5 Å². The fourth-order valence-electron chi connectivity index (χ4n) is 3.56. The number of benzene rings is 1. The van der Waals surface area contributed by atoms with Gasteiger partial charge in [0.05, 0.1) is 41.3 Å². The number of hydrogen-bond donors (Lipinski definition) is 3. The number of hydrogen-bond acceptors (Lipinski definition) is 9. The van der Waals surface area contributed by atoms with Crippen molar-refractivity contribution in [3.63, 3.8) is 0 Å². The van der Waals surface area contributed by atoms with Gasteiger partial charge in [-0.15, -0.1) is 0 Å². The molecule has 1 aliphatic rings. The molecule has 1 fully saturated rings. The number of nitrogens with zero attached hydrogens (tertiary/aromatic N) is 3. The van der Waals surface area contributed by atoms with Crippen molar-refractivity contribution in [2.24, 2.45) is 0 Å². The Morgan fingerprint density at radius 1 is 1.26 bits per heavy atom. The Morgan fingerprint density at radius 2 is 2.00 bits per heavy atom. The number of ether oxygens (including phenoxy) is 2. The fraction of sp³-hybridized carbons (Fsp3) is 0.381. The molecule has 1 unspecified atom stereocenters. The first-order valence-corrected chi connectivity index (χ1v) is 14.8. The van der Waals surface area contributed by atoms with Crippen LogP contribution in [0.5, 0.6) is 5.75 Å². The molecule has 3 aromatic rings. The van der Waals surface area contributed by atoms with Crippen molar-refractivity contribution < 1.29 is 22.1 Å². The lowest BCUT2D eigenvalue weighted by molar-refractivity contribution is 0.0730. The number of aromatic amines is 1. The lowest BCUT2D eigenvalue weighted by atomic mass is 10.3. The van der Waals surface area contributed by atoms with E-state index in [9.17, 15) is 12.6 Å². The molecule has 1 saturated heterocycles. The quantitative estimate of drug-likeness (QED) is 0.347. The van der Waals surface area contributed by atoms with Gasteiger partial charge in [-0.2, -0.15) is 14.3 Å². The Labute approximate surface area is 209 Å². The minimum atomic E-state index is -3.68. The minimum absolute atomic E-state index is 0.119. The van der Waals surface area contributed by atoms with E-state index in [1.54, 1.807) is 18.5 Å². The monoisotopic (exact) mass is 542 g/mol. The zero-order valence-electron chi connectivity index (χ0n) is 19.3. The summed E-state index contributed by atoms with van der Waals surface area (Å²) < 4.78 is 50.1. The summed E-state index contributed by atoms with van der Waals surface area (Å²) in [4.78, 5) is 12.1. The molecular formula is C21H27ClN6O5S2. The van der Waals surface area contributed by atoms with E-state index in [1.165, 1.54) is 23.5 Å². The van der Waals surface area contributed by atoms with Gasteiger partial charge in [-0.3, -0.25) is 4.21 Å². The van der Waals surface area contributed by atoms with Crippen LogP contribution >= 0.6 is 11.6 Å². The number of anilines is 3. The summed E-state index contributed by atoms with van der Waals surface area (Å²) in [6.45, 7) is 1.70. The van der Waals surface area contributed by atoms with Crippen molar-refractivity contribution in [2.75, 3.05) is 62.6 Å². The maximum Gasteiger partial charge on any atom is 0.243 e. The van der Waals surface area contributed by atoms with Crippen LogP contribution in [0.15, 0.2) is 29.3 Å². The van der Waals surface area contributed by atoms with E-state index in [2.05, 4.69) is 31.5 Å². The van der Waals surface area contributed by atoms with Crippen LogP contribution in [0.1, 0.15) is 0 Å². The molecule has 4 rings (SSSR count). The first-order valence-electron chi connectivity index (χ1n) is 10.7. The molecule has 0 amide bonds. The molecular weight excluding hydrogens is 516 g/mol. The van der Waals surface area contributed by atoms with Crippen LogP contribution in [-0.4, -0.2) is 89.7 Å². The van der Waals surface area contributed by atoms with Crippen molar-refractivity contribution in [1.29, 1.82) is 0 Å². The molecule has 11 nitrogen and oxygen atoms in total. The molecule has 0 spiro atoms. The fourth-order valence-corrected chi connectivity index (χ4v) is 5.75. The van der Waals surface area contributed by atoms with Gasteiger partial charge in [0.15, 0.2) is 0 Å². The largest absolute Gasteiger partial charge is 0.495 e. The highest BCUT2D eigenvalue weighted by molar-refractivity contribution is 7.99. The van der Waals surface area contributed by atoms with Crippen LogP contribution in [0.2, 0.25) is 5.02 Å². The summed E-state index contributed by atoms with van der Waals surface area (Å²) in [7, 11) is -4.41. The maximum absolute atomic E-state index is 13.0. The maximum atomic E-state index is 13.0. The van der Waals surface area contributed by atoms with E-state index in [0.29, 0.717) is 71.9 Å². The predicted octanol–water partition coefficient (Wildman–Crippen LogP) is 2.14. The highest BCUT2D eigenvalue weighted by Gasteiger charge is 2.27. The minimum Gasteiger partial charge on any atom is -0.495 e. The van der Waals surface area contributed by atoms with E-state index in [-0.39, 0.29) is 10.8 Å². The van der Waals surface area contributed by atoms with Gasteiger partial charge in [0.2, 0.25) is 16.0 Å². The highest BCUT2D eigenvalue weighted by atomic mass is 35.5. The summed E-state index contributed by atoms with van der Waals surface area (Å²) in [6.07, 6.45) is 3.20. The van der Waals surface area contributed by atoms with Crippen LogP contribution in [0.25, 0.3) is 11.0 Å². The number of fused-ring (bicyclic) bond motifs is 1. The zero-order valence-corrected chi connectivity index (χ0v) is 21.7. The van der Waals surface area contributed by atoms with Gasteiger partial charge in [0.25, 0.3) is 0 Å². The van der Waals surface area contributed by atoms with Gasteiger partial charge in [0, 0.05) is 43.9 Å². The third-order valence-electron chi connectivity index (χ3n) is 5.34. The molecule has 190 valence electrons. The van der Waals surface area contributed by atoms with Crippen molar-refractivity contribution in [3.8, 4) is 5.75 Å². The molecule has 0 bridgehead atoms. The first kappa shape index (κ1) is 25.5. The molecule has 35 heavy (non-hydrogen) atoms. The highest BCUT2D eigenvalue weighted by Crippen LogP contribution is 2.33. The van der Waals surface area contributed by atoms with Crippen molar-refractivity contribution in [2.45, 2.75) is 4.90 Å². The summed E-state index contributed by atoms with van der Waals surface area (Å²) in [5, 5.41) is 7.27. The Morgan fingerprint density at radius 3 is 2.69 bits per heavy atom. The average molecular weight is 543 g/mol. The molecule has 1 aliphatic heterocycles. The van der Waals surface area contributed by atoms with Gasteiger partial charge in [-0.05, 0) is 27.5 Å². The second-order valence-corrected chi connectivity index (χ2v) is 13.2. The number of methoxy groups -OCH3 is 1. The number of H-pyrrole nitrogens is 1. The molecule has 14 heteroatoms. The summed E-state index contributed by atoms with van der Waals surface area (Å²) >= 11 is 6.30.